The predicted molar refractivity (Wildman–Crippen MR) is 105 cm³/mol. The summed E-state index contributed by atoms with van der Waals surface area (Å²) in [5, 5.41) is 0. The summed E-state index contributed by atoms with van der Waals surface area (Å²) in [6.45, 7) is 10.4. The Hall–Kier alpha value is -1.51. The summed E-state index contributed by atoms with van der Waals surface area (Å²) in [5.41, 5.74) is 0.228. The minimum atomic E-state index is -3.38. The van der Waals surface area contributed by atoms with E-state index < -0.39 is 22.1 Å². The molecule has 0 radical (unpaired) electrons. The standard InChI is InChI=1S/C19H32N2O5S/c1-14(2)10-19(4,5)15(3)26-17(12-21-27(6,23)24)13-25-18(22)16-8-7-9-20-11-16/h7-9,11,14-15,17,21H,10,12-13H2,1-6H3/t15-,17-/m0/s1. The molecule has 0 saturated carbocycles. The highest BCUT2D eigenvalue weighted by Gasteiger charge is 2.30. The van der Waals surface area contributed by atoms with Crippen LogP contribution in [0, 0.1) is 11.3 Å². The van der Waals surface area contributed by atoms with Gasteiger partial charge in [-0.3, -0.25) is 4.98 Å². The van der Waals surface area contributed by atoms with E-state index in [1.165, 1.54) is 6.20 Å². The van der Waals surface area contributed by atoms with E-state index in [1.807, 2.05) is 6.92 Å². The van der Waals surface area contributed by atoms with E-state index in [1.54, 1.807) is 18.3 Å². The molecular formula is C19H32N2O5S. The van der Waals surface area contributed by atoms with Crippen LogP contribution >= 0.6 is 0 Å². The number of rotatable bonds is 11. The first kappa shape index (κ1) is 23.5. The van der Waals surface area contributed by atoms with Gasteiger partial charge in [0.25, 0.3) is 0 Å². The van der Waals surface area contributed by atoms with Gasteiger partial charge in [0.1, 0.15) is 12.7 Å². The Morgan fingerprint density at radius 1 is 1.30 bits per heavy atom. The second-order valence-corrected chi connectivity index (χ2v) is 9.78. The first-order valence-corrected chi connectivity index (χ1v) is 11.0. The molecule has 0 bridgehead atoms. The van der Waals surface area contributed by atoms with Crippen LogP contribution in [0.25, 0.3) is 0 Å². The third kappa shape index (κ3) is 9.30. The van der Waals surface area contributed by atoms with Gasteiger partial charge < -0.3 is 9.47 Å². The number of hydrogen-bond donors (Lipinski definition) is 1. The molecular weight excluding hydrogens is 368 g/mol. The van der Waals surface area contributed by atoms with Crippen LogP contribution in [0.4, 0.5) is 0 Å². The fourth-order valence-corrected chi connectivity index (χ4v) is 3.31. The molecule has 0 aliphatic carbocycles. The molecule has 2 atom stereocenters. The molecule has 1 aromatic rings. The molecule has 0 unspecified atom stereocenters. The van der Waals surface area contributed by atoms with Crippen LogP contribution in [0.2, 0.25) is 0 Å². The third-order valence-electron chi connectivity index (χ3n) is 4.30. The minimum Gasteiger partial charge on any atom is -0.459 e. The smallest absolute Gasteiger partial charge is 0.339 e. The van der Waals surface area contributed by atoms with Crippen molar-refractivity contribution in [1.29, 1.82) is 0 Å². The third-order valence-corrected chi connectivity index (χ3v) is 4.99. The summed E-state index contributed by atoms with van der Waals surface area (Å²) < 4.78 is 36.7. The molecule has 154 valence electrons. The van der Waals surface area contributed by atoms with Crippen LogP contribution < -0.4 is 4.72 Å². The second-order valence-electron chi connectivity index (χ2n) is 7.95. The van der Waals surface area contributed by atoms with Crippen molar-refractivity contribution in [2.45, 2.75) is 53.2 Å². The first-order chi connectivity index (χ1) is 12.4. The Kier molecular flexibility index (Phi) is 8.84. The zero-order valence-corrected chi connectivity index (χ0v) is 17.9. The highest BCUT2D eigenvalue weighted by Crippen LogP contribution is 2.31. The molecule has 0 aliphatic heterocycles. The zero-order chi connectivity index (χ0) is 20.7. The number of hydrogen-bond acceptors (Lipinski definition) is 6. The number of pyridine rings is 1. The van der Waals surface area contributed by atoms with E-state index >= 15 is 0 Å². The number of carbonyl (C=O) groups excluding carboxylic acids is 1. The molecule has 0 fully saturated rings. The highest BCUT2D eigenvalue weighted by molar-refractivity contribution is 7.88. The summed E-state index contributed by atoms with van der Waals surface area (Å²) in [4.78, 5) is 16.0. The van der Waals surface area contributed by atoms with E-state index in [2.05, 4.69) is 37.4 Å². The number of ether oxygens (including phenoxy) is 2. The van der Waals surface area contributed by atoms with Gasteiger partial charge in [0.2, 0.25) is 10.0 Å². The zero-order valence-electron chi connectivity index (χ0n) is 17.1. The van der Waals surface area contributed by atoms with Crippen LogP contribution in [0.3, 0.4) is 0 Å². The fraction of sp³-hybridized carbons (Fsp3) is 0.684. The SMILES string of the molecule is CC(C)CC(C)(C)[C@H](C)O[C@@H](CNS(C)(=O)=O)COC(=O)c1cccnc1. The summed E-state index contributed by atoms with van der Waals surface area (Å²) >= 11 is 0. The van der Waals surface area contributed by atoms with E-state index in [9.17, 15) is 13.2 Å². The quantitative estimate of drug-likeness (QED) is 0.574. The van der Waals surface area contributed by atoms with Crippen molar-refractivity contribution in [3.05, 3.63) is 30.1 Å². The van der Waals surface area contributed by atoms with E-state index in [0.29, 0.717) is 11.5 Å². The number of nitrogens with zero attached hydrogens (tertiary/aromatic N) is 1. The van der Waals surface area contributed by atoms with Gasteiger partial charge in [-0.1, -0.05) is 27.7 Å². The van der Waals surface area contributed by atoms with Crippen molar-refractivity contribution in [2.24, 2.45) is 11.3 Å². The molecule has 1 rings (SSSR count). The van der Waals surface area contributed by atoms with Crippen LogP contribution in [0.5, 0.6) is 0 Å². The van der Waals surface area contributed by atoms with Crippen molar-refractivity contribution >= 4 is 16.0 Å². The molecule has 0 aromatic carbocycles. The van der Waals surface area contributed by atoms with Crippen molar-refractivity contribution in [3.63, 3.8) is 0 Å². The molecule has 1 heterocycles. The summed E-state index contributed by atoms with van der Waals surface area (Å²) in [6.07, 6.45) is 4.27. The Bertz CT molecular complexity index is 689. The predicted octanol–water partition coefficient (Wildman–Crippen LogP) is 2.63. The Labute approximate surface area is 162 Å². The monoisotopic (exact) mass is 400 g/mol. The molecule has 27 heavy (non-hydrogen) atoms. The molecule has 0 amide bonds. The number of aromatic nitrogens is 1. The minimum absolute atomic E-state index is 0.0290. The van der Waals surface area contributed by atoms with Gasteiger partial charge in [-0.15, -0.1) is 0 Å². The first-order valence-electron chi connectivity index (χ1n) is 9.08. The molecule has 7 nitrogen and oxygen atoms in total. The van der Waals surface area contributed by atoms with Gasteiger partial charge >= 0.3 is 5.97 Å². The van der Waals surface area contributed by atoms with Crippen molar-refractivity contribution < 1.29 is 22.7 Å². The lowest BCUT2D eigenvalue weighted by atomic mass is 9.79. The summed E-state index contributed by atoms with van der Waals surface area (Å²) in [5.74, 6) is -0.0211. The topological polar surface area (TPSA) is 94.6 Å². The van der Waals surface area contributed by atoms with Crippen molar-refractivity contribution in [2.75, 3.05) is 19.4 Å². The van der Waals surface area contributed by atoms with Gasteiger partial charge in [-0.05, 0) is 36.8 Å². The van der Waals surface area contributed by atoms with Gasteiger partial charge in [-0.2, -0.15) is 0 Å². The maximum atomic E-state index is 12.1. The van der Waals surface area contributed by atoms with Crippen LogP contribution in [-0.4, -0.2) is 51.0 Å². The maximum Gasteiger partial charge on any atom is 0.339 e. The van der Waals surface area contributed by atoms with Crippen LogP contribution in [0.15, 0.2) is 24.5 Å². The molecule has 8 heteroatoms. The fourth-order valence-electron chi connectivity index (χ4n) is 2.82. The van der Waals surface area contributed by atoms with Crippen LogP contribution in [-0.2, 0) is 19.5 Å². The van der Waals surface area contributed by atoms with E-state index in [4.69, 9.17) is 9.47 Å². The second kappa shape index (κ2) is 10.1. The lowest BCUT2D eigenvalue weighted by molar-refractivity contribution is -0.0848. The lowest BCUT2D eigenvalue weighted by Crippen LogP contribution is -2.42. The molecule has 0 saturated heterocycles. The van der Waals surface area contributed by atoms with Gasteiger partial charge in [0.05, 0.1) is 17.9 Å². The maximum absolute atomic E-state index is 12.1. The Morgan fingerprint density at radius 3 is 2.48 bits per heavy atom. The van der Waals surface area contributed by atoms with Gasteiger partial charge in [0.15, 0.2) is 0 Å². The number of sulfonamides is 1. The summed E-state index contributed by atoms with van der Waals surface area (Å²) in [7, 11) is -3.38. The molecule has 0 spiro atoms. The number of nitrogens with one attached hydrogen (secondary N) is 1. The average molecular weight is 401 g/mol. The van der Waals surface area contributed by atoms with Gasteiger partial charge in [-0.25, -0.2) is 17.9 Å². The van der Waals surface area contributed by atoms with Crippen molar-refractivity contribution in [3.8, 4) is 0 Å². The van der Waals surface area contributed by atoms with Gasteiger partial charge in [0, 0.05) is 18.9 Å². The van der Waals surface area contributed by atoms with E-state index in [0.717, 1.165) is 12.7 Å². The lowest BCUT2D eigenvalue weighted by Gasteiger charge is -2.35. The van der Waals surface area contributed by atoms with Crippen molar-refractivity contribution in [1.82, 2.24) is 9.71 Å². The Balaban J connectivity index is 2.76. The average Bonchev–Trinajstić information content (AvgIpc) is 2.55. The molecule has 1 N–H and O–H groups in total. The Morgan fingerprint density at radius 2 is 1.96 bits per heavy atom. The summed E-state index contributed by atoms with van der Waals surface area (Å²) in [6, 6.07) is 3.25. The molecule has 0 aliphatic rings. The normalized spacial score (nSPS) is 14.8. The highest BCUT2D eigenvalue weighted by atomic mass is 32.2. The number of esters is 1. The largest absolute Gasteiger partial charge is 0.459 e. The molecule has 1 aromatic heterocycles. The van der Waals surface area contributed by atoms with Crippen LogP contribution in [0.1, 0.15) is 51.4 Å². The number of carbonyl (C=O) groups is 1. The van der Waals surface area contributed by atoms with E-state index in [-0.39, 0.29) is 24.7 Å².